The molecule has 0 atom stereocenters. The van der Waals surface area contributed by atoms with Gasteiger partial charge in [0.25, 0.3) is 0 Å². The minimum Gasteiger partial charge on any atom is -0.388 e. The summed E-state index contributed by atoms with van der Waals surface area (Å²) in [7, 11) is 1.90. The van der Waals surface area contributed by atoms with Gasteiger partial charge < -0.3 is 5.32 Å². The number of aromatic nitrogens is 2. The number of nitrogens with zero attached hydrogens (tertiary/aromatic N) is 2. The van der Waals surface area contributed by atoms with Crippen LogP contribution < -0.4 is 5.32 Å². The Balaban J connectivity index is 2.55. The highest BCUT2D eigenvalue weighted by Gasteiger charge is 2.13. The van der Waals surface area contributed by atoms with Crippen LogP contribution in [0.1, 0.15) is 19.9 Å². The van der Waals surface area contributed by atoms with Crippen molar-refractivity contribution in [3.63, 3.8) is 0 Å². The van der Waals surface area contributed by atoms with Crippen LogP contribution in [0.2, 0.25) is 5.02 Å². The Labute approximate surface area is 106 Å². The van der Waals surface area contributed by atoms with Crippen molar-refractivity contribution in [3.8, 4) is 11.3 Å². The van der Waals surface area contributed by atoms with Crippen molar-refractivity contribution in [3.05, 3.63) is 35.5 Å². The van der Waals surface area contributed by atoms with Gasteiger partial charge >= 0.3 is 0 Å². The number of hydrogen-bond donors (Lipinski definition) is 1. The highest BCUT2D eigenvalue weighted by Crippen LogP contribution is 2.31. The molecule has 2 aromatic rings. The molecule has 0 fully saturated rings. The lowest BCUT2D eigenvalue weighted by Gasteiger charge is -2.12. The van der Waals surface area contributed by atoms with Crippen LogP contribution in [0.15, 0.2) is 30.5 Å². The zero-order valence-electron chi connectivity index (χ0n) is 10.2. The lowest BCUT2D eigenvalue weighted by molar-refractivity contribution is 0.538. The zero-order chi connectivity index (χ0) is 12.4. The van der Waals surface area contributed by atoms with Gasteiger partial charge in [-0.15, -0.1) is 0 Å². The summed E-state index contributed by atoms with van der Waals surface area (Å²) in [6.45, 7) is 4.18. The van der Waals surface area contributed by atoms with Gasteiger partial charge in [-0.25, -0.2) is 0 Å². The summed E-state index contributed by atoms with van der Waals surface area (Å²) in [5.41, 5.74) is 3.11. The van der Waals surface area contributed by atoms with Crippen molar-refractivity contribution in [2.75, 3.05) is 12.4 Å². The van der Waals surface area contributed by atoms with Crippen molar-refractivity contribution >= 4 is 17.3 Å². The number of halogens is 1. The van der Waals surface area contributed by atoms with Crippen LogP contribution in [-0.2, 0) is 0 Å². The summed E-state index contributed by atoms with van der Waals surface area (Å²) in [5.74, 6) is 0. The molecular formula is C13H16ClN3. The van der Waals surface area contributed by atoms with Crippen LogP contribution in [0, 0.1) is 0 Å². The summed E-state index contributed by atoms with van der Waals surface area (Å²) >= 11 is 6.22. The Bertz CT molecular complexity index is 517. The molecule has 1 N–H and O–H groups in total. The Morgan fingerprint density at radius 1 is 1.35 bits per heavy atom. The monoisotopic (exact) mass is 249 g/mol. The quantitative estimate of drug-likeness (QED) is 0.896. The summed E-state index contributed by atoms with van der Waals surface area (Å²) in [5, 5.41) is 8.12. The molecule has 1 aromatic heterocycles. The van der Waals surface area contributed by atoms with Crippen LogP contribution in [0.4, 0.5) is 5.69 Å². The van der Waals surface area contributed by atoms with E-state index < -0.39 is 0 Å². The second-order valence-corrected chi connectivity index (χ2v) is 4.62. The van der Waals surface area contributed by atoms with Gasteiger partial charge in [-0.1, -0.05) is 23.7 Å². The fourth-order valence-corrected chi connectivity index (χ4v) is 2.06. The zero-order valence-corrected chi connectivity index (χ0v) is 11.0. The van der Waals surface area contributed by atoms with Crippen molar-refractivity contribution in [2.24, 2.45) is 0 Å². The molecule has 90 valence electrons. The Morgan fingerprint density at radius 2 is 2.12 bits per heavy atom. The van der Waals surface area contributed by atoms with Crippen LogP contribution in [0.25, 0.3) is 11.3 Å². The van der Waals surface area contributed by atoms with E-state index in [4.69, 9.17) is 11.6 Å². The van der Waals surface area contributed by atoms with Crippen molar-refractivity contribution in [2.45, 2.75) is 19.9 Å². The summed E-state index contributed by atoms with van der Waals surface area (Å²) in [6.07, 6.45) is 1.70. The Hall–Kier alpha value is -1.48. The average molecular weight is 250 g/mol. The van der Waals surface area contributed by atoms with Crippen molar-refractivity contribution < 1.29 is 0 Å². The highest BCUT2D eigenvalue weighted by molar-refractivity contribution is 6.33. The van der Waals surface area contributed by atoms with Gasteiger partial charge in [-0.2, -0.15) is 5.10 Å². The number of nitrogens with one attached hydrogen (secondary N) is 1. The van der Waals surface area contributed by atoms with Gasteiger partial charge in [0.1, 0.15) is 0 Å². The average Bonchev–Trinajstić information content (AvgIpc) is 2.71. The normalized spacial score (nSPS) is 10.9. The molecule has 0 amide bonds. The number of hydrogen-bond acceptors (Lipinski definition) is 2. The van der Waals surface area contributed by atoms with E-state index in [1.54, 1.807) is 6.20 Å². The first-order chi connectivity index (χ1) is 8.13. The maximum Gasteiger partial charge on any atom is 0.0872 e. The van der Waals surface area contributed by atoms with E-state index in [9.17, 15) is 0 Å². The first kappa shape index (κ1) is 12.0. The van der Waals surface area contributed by atoms with E-state index in [0.717, 1.165) is 16.9 Å². The molecule has 0 saturated heterocycles. The molecule has 0 radical (unpaired) electrons. The van der Waals surface area contributed by atoms with Crippen LogP contribution in [0.5, 0.6) is 0 Å². The molecule has 3 nitrogen and oxygen atoms in total. The predicted octanol–water partition coefficient (Wildman–Crippen LogP) is 3.83. The lowest BCUT2D eigenvalue weighted by Crippen LogP contribution is -2.04. The Morgan fingerprint density at radius 3 is 2.76 bits per heavy atom. The summed E-state index contributed by atoms with van der Waals surface area (Å²) in [6, 6.07) is 8.43. The maximum atomic E-state index is 6.22. The first-order valence-corrected chi connectivity index (χ1v) is 6.02. The number of anilines is 1. The highest BCUT2D eigenvalue weighted by atomic mass is 35.5. The van der Waals surface area contributed by atoms with E-state index in [-0.39, 0.29) is 6.04 Å². The van der Waals surface area contributed by atoms with Gasteiger partial charge in [0.15, 0.2) is 0 Å². The number of rotatable bonds is 3. The fourth-order valence-electron chi connectivity index (χ4n) is 1.82. The molecule has 4 heteroatoms. The smallest absolute Gasteiger partial charge is 0.0872 e. The molecule has 17 heavy (non-hydrogen) atoms. The molecule has 0 bridgehead atoms. The van der Waals surface area contributed by atoms with E-state index in [0.29, 0.717) is 5.02 Å². The van der Waals surface area contributed by atoms with Gasteiger partial charge in [0, 0.05) is 24.3 Å². The third-order valence-corrected chi connectivity index (χ3v) is 2.94. The second-order valence-electron chi connectivity index (χ2n) is 4.21. The second kappa shape index (κ2) is 4.80. The van der Waals surface area contributed by atoms with E-state index in [1.807, 2.05) is 29.9 Å². The minimum absolute atomic E-state index is 0.288. The standard InChI is InChI=1S/C13H16ClN3/c1-9(2)17-13(12(14)8-16-17)10-5-4-6-11(7-10)15-3/h4-9,15H,1-3H3. The molecule has 1 heterocycles. The molecule has 0 aliphatic heterocycles. The van der Waals surface area contributed by atoms with E-state index >= 15 is 0 Å². The van der Waals surface area contributed by atoms with Gasteiger partial charge in [0.05, 0.1) is 16.9 Å². The number of benzene rings is 1. The van der Waals surface area contributed by atoms with Gasteiger partial charge in [0.2, 0.25) is 0 Å². The van der Waals surface area contributed by atoms with Crippen LogP contribution in [0.3, 0.4) is 0 Å². The van der Waals surface area contributed by atoms with Gasteiger partial charge in [-0.3, -0.25) is 4.68 Å². The summed E-state index contributed by atoms with van der Waals surface area (Å²) < 4.78 is 1.94. The molecule has 0 unspecified atom stereocenters. The molecular weight excluding hydrogens is 234 g/mol. The van der Waals surface area contributed by atoms with Crippen LogP contribution in [-0.4, -0.2) is 16.8 Å². The molecule has 0 aliphatic rings. The third kappa shape index (κ3) is 2.29. The predicted molar refractivity (Wildman–Crippen MR) is 72.6 cm³/mol. The molecule has 0 aliphatic carbocycles. The SMILES string of the molecule is CNc1cccc(-c2c(Cl)cnn2C(C)C)c1. The molecule has 2 rings (SSSR count). The first-order valence-electron chi connectivity index (χ1n) is 5.64. The fraction of sp³-hybridized carbons (Fsp3) is 0.308. The van der Waals surface area contributed by atoms with E-state index in [1.165, 1.54) is 0 Å². The Kier molecular flexibility index (Phi) is 3.38. The molecule has 1 aromatic carbocycles. The minimum atomic E-state index is 0.288. The lowest BCUT2D eigenvalue weighted by atomic mass is 10.1. The van der Waals surface area contributed by atoms with E-state index in [2.05, 4.69) is 30.3 Å². The summed E-state index contributed by atoms with van der Waals surface area (Å²) in [4.78, 5) is 0. The van der Waals surface area contributed by atoms with Crippen molar-refractivity contribution in [1.82, 2.24) is 9.78 Å². The van der Waals surface area contributed by atoms with Crippen molar-refractivity contribution in [1.29, 1.82) is 0 Å². The largest absolute Gasteiger partial charge is 0.388 e. The molecule has 0 saturated carbocycles. The van der Waals surface area contributed by atoms with Crippen LogP contribution >= 0.6 is 11.6 Å². The third-order valence-electron chi connectivity index (χ3n) is 2.66. The topological polar surface area (TPSA) is 29.9 Å². The molecule has 0 spiro atoms. The maximum absolute atomic E-state index is 6.22. The van der Waals surface area contributed by atoms with Gasteiger partial charge in [-0.05, 0) is 26.0 Å².